The van der Waals surface area contributed by atoms with Crippen molar-refractivity contribution in [1.29, 1.82) is 5.26 Å². The molecule has 6 N–H and O–H groups in total. The molecule has 0 bridgehead atoms. The summed E-state index contributed by atoms with van der Waals surface area (Å²) >= 11 is 10.7. The van der Waals surface area contributed by atoms with Gasteiger partial charge in [-0.15, -0.1) is 23.2 Å². The largest absolute Gasteiger partial charge is 0.398 e. The minimum Gasteiger partial charge on any atom is -0.398 e. The van der Waals surface area contributed by atoms with Gasteiger partial charge in [0.1, 0.15) is 11.0 Å². The molecule has 266 valence electrons. The van der Waals surface area contributed by atoms with E-state index in [1.807, 2.05) is 55.4 Å². The van der Waals surface area contributed by atoms with Gasteiger partial charge in [-0.3, -0.25) is 0 Å². The van der Waals surface area contributed by atoms with Gasteiger partial charge in [-0.25, -0.2) is 14.6 Å². The van der Waals surface area contributed by atoms with Crippen LogP contribution in [0, 0.1) is 66.7 Å². The first-order valence-electron chi connectivity index (χ1n) is 14.3. The molecule has 2 aromatic carbocycles. The highest BCUT2D eigenvalue weighted by Gasteiger charge is 2.16. The predicted molar refractivity (Wildman–Crippen MR) is 200 cm³/mol. The molecule has 2 aromatic rings. The average Bonchev–Trinajstić information content (AvgIpc) is 3.03. The van der Waals surface area contributed by atoms with Gasteiger partial charge in [0.25, 0.3) is 0 Å². The predicted octanol–water partition coefficient (Wildman–Crippen LogP) is 5.37. The van der Waals surface area contributed by atoms with Crippen LogP contribution in [0.3, 0.4) is 0 Å². The molecule has 0 aliphatic heterocycles. The lowest BCUT2D eigenvalue weighted by molar-refractivity contribution is 0.252. The van der Waals surface area contributed by atoms with Crippen molar-refractivity contribution in [1.82, 2.24) is 5.32 Å². The molecule has 17 heteroatoms. The molecule has 0 heterocycles. The fourth-order valence-electron chi connectivity index (χ4n) is 4.06. The number of nitriles is 1. The molecule has 0 unspecified atom stereocenters. The lowest BCUT2D eigenvalue weighted by atomic mass is 9.96. The fraction of sp³-hybridized carbons (Fsp3) is 0.452. The molecular weight excluding hydrogens is 701 g/mol. The van der Waals surface area contributed by atoms with Crippen LogP contribution in [-0.4, -0.2) is 64.8 Å². The zero-order valence-corrected chi connectivity index (χ0v) is 31.8. The van der Waals surface area contributed by atoms with Crippen molar-refractivity contribution in [2.75, 3.05) is 46.5 Å². The summed E-state index contributed by atoms with van der Waals surface area (Å²) in [6.07, 6.45) is 2.05. The second-order valence-corrected chi connectivity index (χ2v) is 12.2. The molecule has 0 aliphatic carbocycles. The van der Waals surface area contributed by atoms with Gasteiger partial charge in [0.2, 0.25) is 26.7 Å². The molecule has 0 radical (unpaired) electrons. The highest BCUT2D eigenvalue weighted by Crippen LogP contribution is 2.34. The molecule has 0 atom stereocenters. The van der Waals surface area contributed by atoms with Gasteiger partial charge in [-0.05, 0) is 106 Å². The van der Waals surface area contributed by atoms with Gasteiger partial charge in [-0.2, -0.15) is 22.1 Å². The Morgan fingerprint density at radius 2 is 1.21 bits per heavy atom. The third-order valence-corrected chi connectivity index (χ3v) is 8.06. The lowest BCUT2D eigenvalue weighted by Crippen LogP contribution is -2.30. The van der Waals surface area contributed by atoms with Crippen LogP contribution in [0.2, 0.25) is 0 Å². The molecule has 0 saturated heterocycles. The molecule has 0 aliphatic rings. The number of anilines is 4. The Balaban J connectivity index is 0. The summed E-state index contributed by atoms with van der Waals surface area (Å²) in [7, 11) is -4.54. The Hall–Kier alpha value is -4.06. The maximum Gasteiger partial charge on any atom is 0.319 e. The number of rotatable bonds is 10. The van der Waals surface area contributed by atoms with Crippen LogP contribution < -0.4 is 27.0 Å². The van der Waals surface area contributed by atoms with Gasteiger partial charge < -0.3 is 27.0 Å². The molecule has 0 aromatic heterocycles. The van der Waals surface area contributed by atoms with E-state index in [1.165, 1.54) is 13.0 Å². The molecule has 48 heavy (non-hydrogen) atoms. The van der Waals surface area contributed by atoms with Crippen molar-refractivity contribution in [3.8, 4) is 6.07 Å². The number of hydrogen-bond acceptors (Lipinski definition) is 9. The number of carbonyl (C=O) groups is 1. The summed E-state index contributed by atoms with van der Waals surface area (Å²) < 4.78 is 42.5. The summed E-state index contributed by atoms with van der Waals surface area (Å²) in [5, 5.41) is 18.4. The summed E-state index contributed by atoms with van der Waals surface area (Å²) in [6, 6.07) is 1.44. The third-order valence-electron chi connectivity index (χ3n) is 7.00. The summed E-state index contributed by atoms with van der Waals surface area (Å²) in [6.45, 7) is 17.6. The molecular formula is C31H45Cl2N7O6S2. The van der Waals surface area contributed by atoms with E-state index in [9.17, 15) is 26.4 Å². The van der Waals surface area contributed by atoms with E-state index in [-0.39, 0.29) is 6.03 Å². The number of nitrogens with one attached hydrogen (secondary N) is 4. The number of hydrogen-bond donors (Lipinski definition) is 5. The Bertz CT molecular complexity index is 1740. The molecule has 0 saturated carbocycles. The van der Waals surface area contributed by atoms with Crippen LogP contribution in [-0.2, 0) is 25.4 Å². The third kappa shape index (κ3) is 16.2. The van der Waals surface area contributed by atoms with Crippen molar-refractivity contribution >= 4 is 89.6 Å². The number of halogens is 2. The molecule has 2 rings (SSSR count). The van der Waals surface area contributed by atoms with Crippen LogP contribution in [0.1, 0.15) is 57.9 Å². The van der Waals surface area contributed by atoms with E-state index in [1.54, 1.807) is 6.07 Å². The van der Waals surface area contributed by atoms with E-state index in [2.05, 4.69) is 26.3 Å². The molecule has 13 nitrogen and oxygen atoms in total. The number of nitrogens with zero attached hydrogens (tertiary/aromatic N) is 2. The Morgan fingerprint density at radius 3 is 1.60 bits per heavy atom. The summed E-state index contributed by atoms with van der Waals surface area (Å²) in [5.74, 6) is 0.882. The second kappa shape index (κ2) is 25.0. The van der Waals surface area contributed by atoms with Gasteiger partial charge in [0.15, 0.2) is 0 Å². The van der Waals surface area contributed by atoms with Crippen LogP contribution in [0.5, 0.6) is 0 Å². The smallest absolute Gasteiger partial charge is 0.319 e. The number of alkyl halides is 2. The van der Waals surface area contributed by atoms with E-state index in [4.69, 9.17) is 34.2 Å². The quantitative estimate of drug-likeness (QED) is 0.0524. The Morgan fingerprint density at radius 1 is 0.771 bits per heavy atom. The maximum atomic E-state index is 12.0. The zero-order valence-electron chi connectivity index (χ0n) is 28.7. The minimum absolute atomic E-state index is 0.313. The Kier molecular flexibility index (Phi) is 24.0. The maximum absolute atomic E-state index is 12.0. The Labute approximate surface area is 296 Å². The summed E-state index contributed by atoms with van der Waals surface area (Å²) in [4.78, 5) is 24.3. The first kappa shape index (κ1) is 46.1. The van der Waals surface area contributed by atoms with Crippen LogP contribution in [0.4, 0.5) is 27.5 Å². The number of amides is 2. The fourth-order valence-corrected chi connectivity index (χ4v) is 4.71. The van der Waals surface area contributed by atoms with Gasteiger partial charge in [0.05, 0.1) is 18.3 Å². The first-order valence-corrected chi connectivity index (χ1v) is 17.7. The highest BCUT2D eigenvalue weighted by molar-refractivity contribution is 7.71. The van der Waals surface area contributed by atoms with Crippen molar-refractivity contribution < 1.29 is 26.4 Å². The lowest BCUT2D eigenvalue weighted by Gasteiger charge is -2.20. The van der Waals surface area contributed by atoms with Gasteiger partial charge in [-0.1, -0.05) is 0 Å². The minimum atomic E-state index is -2.32. The van der Waals surface area contributed by atoms with Crippen molar-refractivity contribution in [2.45, 2.75) is 68.7 Å². The van der Waals surface area contributed by atoms with Crippen molar-refractivity contribution in [3.05, 3.63) is 44.5 Å². The topological polar surface area (TPSA) is 213 Å². The van der Waals surface area contributed by atoms with Crippen LogP contribution in [0.15, 0.2) is 4.99 Å². The number of urea groups is 1. The normalized spacial score (nSPS) is 9.21. The van der Waals surface area contributed by atoms with Crippen LogP contribution in [0.25, 0.3) is 0 Å². The van der Waals surface area contributed by atoms with Crippen LogP contribution >= 0.6 is 23.2 Å². The SMILES string of the molecule is CC#N.Cc1c(C)c(N)c(C)c(NC=S(=O)=O)c1C.Cc1c(C)c(NC=S(=O)=O)c(C)c(NC(=O)NCCCCl)c1C.O=C=NCCCl. The number of carbonyl (C=O) groups excluding carboxylic acids is 2. The molecule has 2 amide bonds. The highest BCUT2D eigenvalue weighted by atomic mass is 35.5. The van der Waals surface area contributed by atoms with E-state index in [0.717, 1.165) is 61.2 Å². The average molecular weight is 747 g/mol. The number of nitrogen functional groups attached to an aromatic ring is 1. The molecule has 0 fully saturated rings. The molecule has 0 spiro atoms. The summed E-state index contributed by atoms with van der Waals surface area (Å²) in [5.41, 5.74) is 18.4. The van der Waals surface area contributed by atoms with E-state index in [0.29, 0.717) is 48.3 Å². The number of nitrogens with two attached hydrogens (primary N) is 1. The van der Waals surface area contributed by atoms with Gasteiger partial charge in [0, 0.05) is 42.3 Å². The zero-order chi connectivity index (χ0) is 37.6. The first-order chi connectivity index (χ1) is 22.5. The second-order valence-electron chi connectivity index (χ2n) is 9.89. The monoisotopic (exact) mass is 745 g/mol. The number of benzene rings is 2. The number of isocyanates is 1. The van der Waals surface area contributed by atoms with Crippen molar-refractivity contribution in [2.24, 2.45) is 4.99 Å². The number of aliphatic imine (C=N–C) groups is 1. The van der Waals surface area contributed by atoms with Crippen molar-refractivity contribution in [3.63, 3.8) is 0 Å². The standard InChI is InChI=1S/C15H22ClN3O3S.C11H16N2O2S.C3H4ClNO.C2H3N/c1-9-10(2)13(18-8-23(21)22)12(4)14(11(9)3)19-15(20)17-7-5-6-16;1-6-7(2)10(12)9(4)11(8(6)3)13-5-16(14)15;4-1-2-5-3-6;1-2-3/h8,18H,5-7H2,1-4H3,(H2,17,19,20);5,13H,12H2,1-4H3;1-2H2;1H3. The van der Waals surface area contributed by atoms with Gasteiger partial charge >= 0.3 is 6.03 Å². The van der Waals surface area contributed by atoms with E-state index >= 15 is 0 Å². The van der Waals surface area contributed by atoms with E-state index < -0.39 is 20.6 Å².